The van der Waals surface area contributed by atoms with Crippen LogP contribution in [0, 0.1) is 12.7 Å². The Balaban J connectivity index is 2.73. The van der Waals surface area contributed by atoms with Crippen molar-refractivity contribution in [1.82, 2.24) is 5.32 Å². The van der Waals surface area contributed by atoms with Gasteiger partial charge in [-0.2, -0.15) is 0 Å². The molecular weight excluding hydrogens is 219 g/mol. The van der Waals surface area contributed by atoms with Crippen molar-refractivity contribution in [3.8, 4) is 0 Å². The maximum atomic E-state index is 13.1. The summed E-state index contributed by atoms with van der Waals surface area (Å²) in [6.45, 7) is 5.55. The Kier molecular flexibility index (Phi) is 4.63. The summed E-state index contributed by atoms with van der Waals surface area (Å²) in [5.41, 5.74) is 6.79. The molecule has 0 fully saturated rings. The number of hydrogen-bond donors (Lipinski definition) is 2. The Morgan fingerprint density at radius 1 is 1.47 bits per heavy atom. The van der Waals surface area contributed by atoms with Crippen LogP contribution in [-0.4, -0.2) is 18.0 Å². The average molecular weight is 238 g/mol. The molecular formula is C13H19FN2O. The number of carbonyl (C=O) groups is 1. The van der Waals surface area contributed by atoms with Crippen molar-refractivity contribution >= 4 is 5.91 Å². The first-order chi connectivity index (χ1) is 7.90. The summed E-state index contributed by atoms with van der Waals surface area (Å²) in [7, 11) is 0. The first-order valence-electron chi connectivity index (χ1n) is 5.72. The zero-order valence-corrected chi connectivity index (χ0v) is 10.5. The predicted molar refractivity (Wildman–Crippen MR) is 66.3 cm³/mol. The van der Waals surface area contributed by atoms with Gasteiger partial charge in [0.25, 0.3) is 5.91 Å². The molecule has 2 atom stereocenters. The summed E-state index contributed by atoms with van der Waals surface area (Å²) in [4.78, 5) is 11.9. The van der Waals surface area contributed by atoms with E-state index in [0.29, 0.717) is 12.0 Å². The lowest BCUT2D eigenvalue weighted by Gasteiger charge is -2.16. The van der Waals surface area contributed by atoms with E-state index in [0.717, 1.165) is 5.56 Å². The molecule has 0 saturated heterocycles. The number of aryl methyl sites for hydroxylation is 1. The number of carbonyl (C=O) groups excluding carboxylic acids is 1. The SMILES string of the molecule is Cc1ccc(F)cc1C(=O)NC(C)CC(C)N. The third kappa shape index (κ3) is 4.15. The van der Waals surface area contributed by atoms with Crippen LogP contribution in [-0.2, 0) is 0 Å². The highest BCUT2D eigenvalue weighted by molar-refractivity contribution is 5.95. The molecule has 3 nitrogen and oxygen atoms in total. The highest BCUT2D eigenvalue weighted by Crippen LogP contribution is 2.10. The van der Waals surface area contributed by atoms with E-state index < -0.39 is 5.82 Å². The third-order valence-electron chi connectivity index (χ3n) is 2.55. The minimum Gasteiger partial charge on any atom is -0.350 e. The molecule has 4 heteroatoms. The van der Waals surface area contributed by atoms with Crippen LogP contribution in [0.1, 0.15) is 36.2 Å². The molecule has 0 aliphatic heterocycles. The van der Waals surface area contributed by atoms with Gasteiger partial charge in [0.1, 0.15) is 5.82 Å². The van der Waals surface area contributed by atoms with Crippen molar-refractivity contribution in [2.24, 2.45) is 5.73 Å². The van der Waals surface area contributed by atoms with E-state index in [4.69, 9.17) is 5.73 Å². The molecule has 0 radical (unpaired) electrons. The minimum atomic E-state index is -0.402. The smallest absolute Gasteiger partial charge is 0.251 e. The quantitative estimate of drug-likeness (QED) is 0.842. The van der Waals surface area contributed by atoms with Crippen molar-refractivity contribution in [3.63, 3.8) is 0 Å². The Labute approximate surface area is 101 Å². The number of halogens is 1. The van der Waals surface area contributed by atoms with Gasteiger partial charge in [0.2, 0.25) is 0 Å². The molecule has 1 aromatic rings. The highest BCUT2D eigenvalue weighted by atomic mass is 19.1. The molecule has 94 valence electrons. The summed E-state index contributed by atoms with van der Waals surface area (Å²) >= 11 is 0. The fourth-order valence-electron chi connectivity index (χ4n) is 1.76. The van der Waals surface area contributed by atoms with E-state index >= 15 is 0 Å². The number of amides is 1. The lowest BCUT2D eigenvalue weighted by Crippen LogP contribution is -2.36. The van der Waals surface area contributed by atoms with Crippen LogP contribution in [0.15, 0.2) is 18.2 Å². The van der Waals surface area contributed by atoms with E-state index in [-0.39, 0.29) is 18.0 Å². The monoisotopic (exact) mass is 238 g/mol. The largest absolute Gasteiger partial charge is 0.350 e. The Morgan fingerprint density at radius 3 is 2.71 bits per heavy atom. The molecule has 1 rings (SSSR count). The predicted octanol–water partition coefficient (Wildman–Crippen LogP) is 1.99. The van der Waals surface area contributed by atoms with Crippen LogP contribution in [0.3, 0.4) is 0 Å². The molecule has 17 heavy (non-hydrogen) atoms. The van der Waals surface area contributed by atoms with Crippen LogP contribution in [0.4, 0.5) is 4.39 Å². The molecule has 0 saturated carbocycles. The van der Waals surface area contributed by atoms with Gasteiger partial charge in [-0.3, -0.25) is 4.79 Å². The van der Waals surface area contributed by atoms with E-state index in [1.807, 2.05) is 13.8 Å². The number of benzene rings is 1. The summed E-state index contributed by atoms with van der Waals surface area (Å²) in [5, 5.41) is 2.81. The number of nitrogens with one attached hydrogen (secondary N) is 1. The Morgan fingerprint density at radius 2 is 2.12 bits per heavy atom. The molecule has 0 spiro atoms. The summed E-state index contributed by atoms with van der Waals surface area (Å²) in [5.74, 6) is -0.657. The van der Waals surface area contributed by atoms with Gasteiger partial charge in [-0.15, -0.1) is 0 Å². The van der Waals surface area contributed by atoms with Crippen molar-refractivity contribution < 1.29 is 9.18 Å². The molecule has 0 bridgehead atoms. The Bertz CT molecular complexity index is 404. The summed E-state index contributed by atoms with van der Waals surface area (Å²) < 4.78 is 13.1. The molecule has 0 aliphatic rings. The zero-order chi connectivity index (χ0) is 13.0. The summed E-state index contributed by atoms with van der Waals surface area (Å²) in [6.07, 6.45) is 0.695. The fourth-order valence-corrected chi connectivity index (χ4v) is 1.76. The van der Waals surface area contributed by atoms with Crippen LogP contribution >= 0.6 is 0 Å². The van der Waals surface area contributed by atoms with E-state index in [2.05, 4.69) is 5.32 Å². The number of nitrogens with two attached hydrogens (primary N) is 1. The summed E-state index contributed by atoms with van der Waals surface area (Å²) in [6, 6.07) is 4.20. The van der Waals surface area contributed by atoms with Gasteiger partial charge in [-0.05, 0) is 44.9 Å². The maximum absolute atomic E-state index is 13.1. The lowest BCUT2D eigenvalue weighted by molar-refractivity contribution is 0.0936. The molecule has 3 N–H and O–H groups in total. The van der Waals surface area contributed by atoms with Gasteiger partial charge < -0.3 is 11.1 Å². The second-order valence-corrected chi connectivity index (χ2v) is 4.55. The lowest BCUT2D eigenvalue weighted by atomic mass is 10.1. The van der Waals surface area contributed by atoms with Crippen molar-refractivity contribution in [1.29, 1.82) is 0 Å². The molecule has 1 aromatic carbocycles. The molecule has 0 aromatic heterocycles. The van der Waals surface area contributed by atoms with Crippen LogP contribution in [0.25, 0.3) is 0 Å². The van der Waals surface area contributed by atoms with Gasteiger partial charge in [0.05, 0.1) is 0 Å². The standard InChI is InChI=1S/C13H19FN2O/c1-8-4-5-11(14)7-12(8)13(17)16-10(3)6-9(2)15/h4-5,7,9-10H,6,15H2,1-3H3,(H,16,17). The second-order valence-electron chi connectivity index (χ2n) is 4.55. The number of hydrogen-bond acceptors (Lipinski definition) is 2. The van der Waals surface area contributed by atoms with Crippen LogP contribution < -0.4 is 11.1 Å². The van der Waals surface area contributed by atoms with Gasteiger partial charge in [-0.25, -0.2) is 4.39 Å². The first-order valence-corrected chi connectivity index (χ1v) is 5.72. The van der Waals surface area contributed by atoms with E-state index in [1.165, 1.54) is 12.1 Å². The maximum Gasteiger partial charge on any atom is 0.251 e. The van der Waals surface area contributed by atoms with Crippen LogP contribution in [0.2, 0.25) is 0 Å². The minimum absolute atomic E-state index is 0.0230. The first kappa shape index (κ1) is 13.6. The average Bonchev–Trinajstić information content (AvgIpc) is 2.20. The highest BCUT2D eigenvalue weighted by Gasteiger charge is 2.13. The van der Waals surface area contributed by atoms with E-state index in [1.54, 1.807) is 13.0 Å². The van der Waals surface area contributed by atoms with Gasteiger partial charge in [0, 0.05) is 17.6 Å². The van der Waals surface area contributed by atoms with Crippen molar-refractivity contribution in [3.05, 3.63) is 35.1 Å². The van der Waals surface area contributed by atoms with Crippen molar-refractivity contribution in [2.75, 3.05) is 0 Å². The third-order valence-corrected chi connectivity index (χ3v) is 2.55. The van der Waals surface area contributed by atoms with Gasteiger partial charge in [-0.1, -0.05) is 6.07 Å². The van der Waals surface area contributed by atoms with Gasteiger partial charge >= 0.3 is 0 Å². The zero-order valence-electron chi connectivity index (χ0n) is 10.5. The van der Waals surface area contributed by atoms with Crippen LogP contribution in [0.5, 0.6) is 0 Å². The second kappa shape index (κ2) is 5.77. The normalized spacial score (nSPS) is 14.2. The number of rotatable bonds is 4. The molecule has 0 heterocycles. The fraction of sp³-hybridized carbons (Fsp3) is 0.462. The molecule has 2 unspecified atom stereocenters. The molecule has 1 amide bonds. The Hall–Kier alpha value is -1.42. The molecule has 0 aliphatic carbocycles. The van der Waals surface area contributed by atoms with Crippen molar-refractivity contribution in [2.45, 2.75) is 39.3 Å². The topological polar surface area (TPSA) is 55.1 Å². The van der Waals surface area contributed by atoms with E-state index in [9.17, 15) is 9.18 Å². The van der Waals surface area contributed by atoms with Gasteiger partial charge in [0.15, 0.2) is 0 Å².